The smallest absolute Gasteiger partial charge is 0.330 e. The van der Waals surface area contributed by atoms with Gasteiger partial charge in [0.05, 0.1) is 30.2 Å². The summed E-state index contributed by atoms with van der Waals surface area (Å²) in [5.74, 6) is -1.53. The monoisotopic (exact) mass is 660 g/mol. The highest BCUT2D eigenvalue weighted by atomic mass is 32.1. The maximum absolute atomic E-state index is 13.9. The van der Waals surface area contributed by atoms with Gasteiger partial charge in [-0.25, -0.2) is 14.8 Å². The number of methoxy groups -OCH3 is 1. The lowest BCUT2D eigenvalue weighted by atomic mass is 9.93. The minimum Gasteiger partial charge on any atom is -0.496 e. The molecule has 6 rings (SSSR count). The number of hydrogen-bond acceptors (Lipinski definition) is 8. The number of aliphatic carboxylic acids is 1. The predicted octanol–water partition coefficient (Wildman–Crippen LogP) is 5.98. The average Bonchev–Trinajstić information content (AvgIpc) is 3.36. The Kier molecular flexibility index (Phi) is 9.29. The Morgan fingerprint density at radius 3 is 2.66 bits per heavy atom. The van der Waals surface area contributed by atoms with Gasteiger partial charge in [0.15, 0.2) is 0 Å². The van der Waals surface area contributed by atoms with Crippen LogP contribution in [0.1, 0.15) is 76.5 Å². The third-order valence-electron chi connectivity index (χ3n) is 9.98. The van der Waals surface area contributed by atoms with E-state index in [1.165, 1.54) is 11.3 Å². The number of thiazole rings is 1. The topological polar surface area (TPSA) is 131 Å². The van der Waals surface area contributed by atoms with E-state index in [0.29, 0.717) is 37.3 Å². The predicted molar refractivity (Wildman–Crippen MR) is 181 cm³/mol. The van der Waals surface area contributed by atoms with E-state index in [1.807, 2.05) is 30.4 Å². The van der Waals surface area contributed by atoms with E-state index in [4.69, 9.17) is 19.4 Å². The molecule has 250 valence electrons. The molecule has 2 fully saturated rings. The number of pyridine rings is 1. The third-order valence-corrected chi connectivity index (χ3v) is 10.9. The van der Waals surface area contributed by atoms with Crippen LogP contribution < -0.4 is 14.8 Å². The number of ether oxygens (including phenoxy) is 2. The van der Waals surface area contributed by atoms with Crippen molar-refractivity contribution in [3.05, 3.63) is 47.0 Å². The molecule has 1 aliphatic heterocycles. The van der Waals surface area contributed by atoms with E-state index < -0.39 is 35.4 Å². The quantitative estimate of drug-likeness (QED) is 0.296. The number of carboxylic acids is 1. The minimum atomic E-state index is -1.33. The summed E-state index contributed by atoms with van der Waals surface area (Å²) < 4.78 is 12.4. The second kappa shape index (κ2) is 13.3. The van der Waals surface area contributed by atoms with Crippen LogP contribution in [0.2, 0.25) is 0 Å². The average molecular weight is 661 g/mol. The first-order valence-corrected chi connectivity index (χ1v) is 17.5. The number of aryl methyl sites for hydroxylation is 1. The van der Waals surface area contributed by atoms with E-state index in [-0.39, 0.29) is 24.2 Å². The highest BCUT2D eigenvalue weighted by Crippen LogP contribution is 2.47. The lowest BCUT2D eigenvalue weighted by Gasteiger charge is -2.26. The largest absolute Gasteiger partial charge is 0.496 e. The number of benzene rings is 1. The first kappa shape index (κ1) is 32.9. The van der Waals surface area contributed by atoms with Gasteiger partial charge < -0.3 is 24.8 Å². The Hall–Kier alpha value is -3.99. The molecule has 2 amide bonds. The van der Waals surface area contributed by atoms with Gasteiger partial charge in [-0.05, 0) is 63.0 Å². The zero-order chi connectivity index (χ0) is 33.5. The number of nitrogens with one attached hydrogen (secondary N) is 1. The maximum Gasteiger partial charge on any atom is 0.330 e. The molecule has 1 aromatic carbocycles. The molecule has 2 aliphatic carbocycles. The fourth-order valence-electron chi connectivity index (χ4n) is 7.08. The summed E-state index contributed by atoms with van der Waals surface area (Å²) in [6, 6.07) is 5.76. The second-order valence-electron chi connectivity index (χ2n) is 13.4. The van der Waals surface area contributed by atoms with Crippen LogP contribution >= 0.6 is 11.3 Å². The molecular weight excluding hydrogens is 616 g/mol. The summed E-state index contributed by atoms with van der Waals surface area (Å²) in [5.41, 5.74) is 2.08. The summed E-state index contributed by atoms with van der Waals surface area (Å²) >= 11 is 1.54. The number of aromatic nitrogens is 2. The minimum absolute atomic E-state index is 0.108. The molecule has 5 atom stereocenters. The number of nitrogens with zero attached hydrogens (tertiary/aromatic N) is 3. The Bertz CT molecular complexity index is 1720. The first-order valence-electron chi connectivity index (χ1n) is 16.7. The standard InChI is InChI=1S/C36H44N4O6S/c1-6-23-29(45-5)13-12-24-30(17-27(37-31(23)24)33-38-28(19-47-33)20(2)3)46-22-15-25-26(16-22)34(42)40(4)14-10-8-7-9-11-21-18-36(21,35(43)44)39-32(25)41/h9,11-13,17,19-22,25-26H,6-8,10,14-16,18H2,1-5H3,(H,39,41)(H,43,44)/b11-9-. The molecule has 3 heterocycles. The van der Waals surface area contributed by atoms with E-state index in [0.717, 1.165) is 52.2 Å². The molecule has 0 radical (unpaired) electrons. The highest BCUT2D eigenvalue weighted by molar-refractivity contribution is 7.13. The van der Waals surface area contributed by atoms with Crippen molar-refractivity contribution in [1.29, 1.82) is 0 Å². The zero-order valence-electron chi connectivity index (χ0n) is 27.7. The molecule has 2 saturated carbocycles. The van der Waals surface area contributed by atoms with Gasteiger partial charge in [-0.2, -0.15) is 0 Å². The van der Waals surface area contributed by atoms with Crippen molar-refractivity contribution in [3.8, 4) is 22.2 Å². The molecule has 11 heteroatoms. The summed E-state index contributed by atoms with van der Waals surface area (Å²) in [6.45, 7) is 6.87. The molecule has 0 bridgehead atoms. The Balaban J connectivity index is 1.36. The molecule has 2 N–H and O–H groups in total. The molecule has 3 aliphatic rings. The van der Waals surface area contributed by atoms with Gasteiger partial charge in [0.2, 0.25) is 11.8 Å². The number of allylic oxidation sites excluding steroid dienone is 1. The van der Waals surface area contributed by atoms with Gasteiger partial charge in [0.1, 0.15) is 33.8 Å². The van der Waals surface area contributed by atoms with Crippen molar-refractivity contribution in [3.63, 3.8) is 0 Å². The zero-order valence-corrected chi connectivity index (χ0v) is 28.6. The van der Waals surface area contributed by atoms with Crippen molar-refractivity contribution in [2.75, 3.05) is 20.7 Å². The number of fused-ring (bicyclic) bond motifs is 3. The van der Waals surface area contributed by atoms with E-state index in [2.05, 4.69) is 31.5 Å². The molecule has 5 unspecified atom stereocenters. The van der Waals surface area contributed by atoms with Crippen molar-refractivity contribution in [2.24, 2.45) is 17.8 Å². The van der Waals surface area contributed by atoms with Crippen molar-refractivity contribution < 1.29 is 29.0 Å². The maximum atomic E-state index is 13.9. The van der Waals surface area contributed by atoms with E-state index >= 15 is 0 Å². The first-order chi connectivity index (χ1) is 22.6. The van der Waals surface area contributed by atoms with Crippen LogP contribution in [0.5, 0.6) is 11.5 Å². The number of carbonyl (C=O) groups excluding carboxylic acids is 2. The number of hydrogen-bond donors (Lipinski definition) is 2. The van der Waals surface area contributed by atoms with Crippen molar-refractivity contribution in [1.82, 2.24) is 20.2 Å². The van der Waals surface area contributed by atoms with Gasteiger partial charge in [-0.15, -0.1) is 11.3 Å². The molecule has 47 heavy (non-hydrogen) atoms. The summed E-state index contributed by atoms with van der Waals surface area (Å²) in [4.78, 5) is 51.7. The number of carbonyl (C=O) groups is 3. The molecule has 2 aromatic heterocycles. The molecule has 10 nitrogen and oxygen atoms in total. The van der Waals surface area contributed by atoms with Crippen LogP contribution in [0.3, 0.4) is 0 Å². The van der Waals surface area contributed by atoms with Gasteiger partial charge in [-0.1, -0.05) is 32.9 Å². The van der Waals surface area contributed by atoms with Gasteiger partial charge >= 0.3 is 5.97 Å². The van der Waals surface area contributed by atoms with Crippen LogP contribution in [0.15, 0.2) is 35.7 Å². The van der Waals surface area contributed by atoms with Crippen LogP contribution in [-0.2, 0) is 20.8 Å². The molecule has 0 saturated heterocycles. The second-order valence-corrected chi connectivity index (χ2v) is 14.3. The molecule has 0 spiro atoms. The van der Waals surface area contributed by atoms with Crippen molar-refractivity contribution in [2.45, 2.75) is 83.3 Å². The highest BCUT2D eigenvalue weighted by Gasteiger charge is 2.61. The fourth-order valence-corrected chi connectivity index (χ4v) is 8.02. The van der Waals surface area contributed by atoms with Gasteiger partial charge in [-0.3, -0.25) is 9.59 Å². The Labute approximate surface area is 279 Å². The van der Waals surface area contributed by atoms with Crippen LogP contribution in [0.25, 0.3) is 21.6 Å². The number of rotatable bonds is 7. The van der Waals surface area contributed by atoms with E-state index in [1.54, 1.807) is 19.1 Å². The van der Waals surface area contributed by atoms with Gasteiger partial charge in [0, 0.05) is 41.9 Å². The molecule has 3 aromatic rings. The van der Waals surface area contributed by atoms with Crippen molar-refractivity contribution >= 4 is 40.0 Å². The Morgan fingerprint density at radius 1 is 1.17 bits per heavy atom. The van der Waals surface area contributed by atoms with Crippen LogP contribution in [0, 0.1) is 17.8 Å². The van der Waals surface area contributed by atoms with E-state index in [9.17, 15) is 19.5 Å². The normalized spacial score (nSPS) is 27.1. The Morgan fingerprint density at radius 2 is 1.96 bits per heavy atom. The SMILES string of the molecule is CCc1c(OC)ccc2c(OC3CC4C(=O)NC5(C(=O)O)CC5/C=C\CCCCN(C)C(=O)C4C3)cc(-c3nc(C(C)C)cs3)nc12. The summed E-state index contributed by atoms with van der Waals surface area (Å²) in [5, 5.41) is 16.6. The number of amides is 2. The fraction of sp³-hybridized carbons (Fsp3) is 0.528. The lowest BCUT2D eigenvalue weighted by molar-refractivity contribution is -0.145. The van der Waals surface area contributed by atoms with Crippen LogP contribution in [0.4, 0.5) is 0 Å². The molecular formula is C36H44N4O6S. The van der Waals surface area contributed by atoms with Gasteiger partial charge in [0.25, 0.3) is 0 Å². The third kappa shape index (κ3) is 6.34. The number of carboxylic acid groups (broad SMARTS) is 1. The summed E-state index contributed by atoms with van der Waals surface area (Å²) in [6.07, 6.45) is 7.67. The summed E-state index contributed by atoms with van der Waals surface area (Å²) in [7, 11) is 3.43. The van der Waals surface area contributed by atoms with Crippen LogP contribution in [-0.4, -0.2) is 70.1 Å². The lowest BCUT2D eigenvalue weighted by Crippen LogP contribution is -2.49.